The zero-order valence-electron chi connectivity index (χ0n) is 19.9. The van der Waals surface area contributed by atoms with Gasteiger partial charge in [0.25, 0.3) is 5.91 Å². The van der Waals surface area contributed by atoms with Gasteiger partial charge in [0.2, 0.25) is 5.91 Å². The summed E-state index contributed by atoms with van der Waals surface area (Å²) in [6, 6.07) is 8.57. The lowest BCUT2D eigenvalue weighted by Gasteiger charge is -2.36. The van der Waals surface area contributed by atoms with Crippen LogP contribution in [0.5, 0.6) is 0 Å². The van der Waals surface area contributed by atoms with Gasteiger partial charge in [-0.2, -0.15) is 0 Å². The van der Waals surface area contributed by atoms with Crippen LogP contribution in [0.25, 0.3) is 0 Å². The van der Waals surface area contributed by atoms with Crippen molar-refractivity contribution in [3.8, 4) is 0 Å². The number of aryl methyl sites for hydroxylation is 1. The molecule has 1 saturated heterocycles. The van der Waals surface area contributed by atoms with Crippen molar-refractivity contribution < 1.29 is 14.0 Å². The van der Waals surface area contributed by atoms with Gasteiger partial charge in [-0.1, -0.05) is 25.0 Å². The Morgan fingerprint density at radius 2 is 1.70 bits per heavy atom. The molecule has 0 radical (unpaired) electrons. The van der Waals surface area contributed by atoms with Crippen molar-refractivity contribution in [3.05, 3.63) is 64.0 Å². The van der Waals surface area contributed by atoms with E-state index in [4.69, 9.17) is 0 Å². The maximum atomic E-state index is 14.5. The van der Waals surface area contributed by atoms with E-state index >= 15 is 0 Å². The van der Waals surface area contributed by atoms with Crippen molar-refractivity contribution >= 4 is 17.5 Å². The second-order valence-electron chi connectivity index (χ2n) is 9.52. The van der Waals surface area contributed by atoms with E-state index in [0.29, 0.717) is 23.7 Å². The third-order valence-electron chi connectivity index (χ3n) is 7.36. The molecule has 0 unspecified atom stereocenters. The first kappa shape index (κ1) is 23.4. The number of halogens is 1. The number of hydrogen-bond acceptors (Lipinski definition) is 3. The largest absolute Gasteiger partial charge is 0.340 e. The third-order valence-corrected chi connectivity index (χ3v) is 7.36. The van der Waals surface area contributed by atoms with Crippen molar-refractivity contribution in [3.63, 3.8) is 0 Å². The van der Waals surface area contributed by atoms with Gasteiger partial charge in [-0.25, -0.2) is 4.39 Å². The van der Waals surface area contributed by atoms with E-state index in [1.54, 1.807) is 12.1 Å². The summed E-state index contributed by atoms with van der Waals surface area (Å²) in [5, 5.41) is 2.92. The van der Waals surface area contributed by atoms with E-state index < -0.39 is 0 Å². The number of amides is 2. The fourth-order valence-electron chi connectivity index (χ4n) is 5.01. The molecule has 0 spiro atoms. The molecule has 6 heteroatoms. The maximum Gasteiger partial charge on any atom is 0.255 e. The Bertz CT molecular complexity index is 1040. The number of piperazine rings is 1. The first-order chi connectivity index (χ1) is 15.8. The van der Waals surface area contributed by atoms with Gasteiger partial charge < -0.3 is 10.2 Å². The lowest BCUT2D eigenvalue weighted by Crippen LogP contribution is -2.49. The van der Waals surface area contributed by atoms with Crippen LogP contribution in [-0.2, 0) is 11.3 Å². The average molecular weight is 452 g/mol. The molecule has 1 N–H and O–H groups in total. The van der Waals surface area contributed by atoms with Crippen LogP contribution >= 0.6 is 0 Å². The van der Waals surface area contributed by atoms with E-state index in [1.807, 2.05) is 37.8 Å². The summed E-state index contributed by atoms with van der Waals surface area (Å²) in [4.78, 5) is 29.8. The summed E-state index contributed by atoms with van der Waals surface area (Å²) in [6.45, 7) is 9.41. The van der Waals surface area contributed by atoms with E-state index in [0.717, 1.165) is 74.1 Å². The molecule has 1 aliphatic carbocycles. The molecule has 2 fully saturated rings. The van der Waals surface area contributed by atoms with Crippen LogP contribution < -0.4 is 5.32 Å². The Hall–Kier alpha value is -2.73. The average Bonchev–Trinajstić information content (AvgIpc) is 3.34. The summed E-state index contributed by atoms with van der Waals surface area (Å²) in [7, 11) is 0. The van der Waals surface area contributed by atoms with Crippen molar-refractivity contribution in [2.24, 2.45) is 5.92 Å². The Morgan fingerprint density at radius 1 is 1.00 bits per heavy atom. The van der Waals surface area contributed by atoms with Crippen LogP contribution in [0, 0.1) is 32.5 Å². The molecule has 2 aromatic rings. The zero-order chi connectivity index (χ0) is 23.5. The lowest BCUT2D eigenvalue weighted by atomic mass is 10.0. The molecule has 5 nitrogen and oxygen atoms in total. The van der Waals surface area contributed by atoms with Crippen molar-refractivity contribution in [2.45, 2.75) is 53.0 Å². The highest BCUT2D eigenvalue weighted by Crippen LogP contribution is 2.28. The molecule has 0 aromatic heterocycles. The standard InChI is InChI=1S/C27H34FN3O2/c1-18-7-6-10-24(19(18)2)26(32)29-25-16-23(28)15-22(20(25)3)17-30-11-13-31(14-12-30)27(33)21-8-4-5-9-21/h6-7,10,15-16,21H,4-5,8-9,11-14,17H2,1-3H3,(H,29,32). The number of hydrogen-bond donors (Lipinski definition) is 1. The van der Waals surface area contributed by atoms with Crippen LogP contribution in [-0.4, -0.2) is 47.8 Å². The first-order valence-electron chi connectivity index (χ1n) is 12.0. The third kappa shape index (κ3) is 5.27. The number of anilines is 1. The molecule has 176 valence electrons. The summed E-state index contributed by atoms with van der Waals surface area (Å²) >= 11 is 0. The number of nitrogens with one attached hydrogen (secondary N) is 1. The molecule has 2 amide bonds. The summed E-state index contributed by atoms with van der Waals surface area (Å²) in [5.74, 6) is -0.0625. The molecule has 1 saturated carbocycles. The van der Waals surface area contributed by atoms with Gasteiger partial charge in [0.1, 0.15) is 5.82 Å². The minimum Gasteiger partial charge on any atom is -0.340 e. The second kappa shape index (κ2) is 10.0. The molecule has 1 heterocycles. The van der Waals surface area contributed by atoms with Gasteiger partial charge in [-0.3, -0.25) is 14.5 Å². The monoisotopic (exact) mass is 451 g/mol. The van der Waals surface area contributed by atoms with Crippen LogP contribution in [0.15, 0.2) is 30.3 Å². The maximum absolute atomic E-state index is 14.5. The predicted molar refractivity (Wildman–Crippen MR) is 129 cm³/mol. The quantitative estimate of drug-likeness (QED) is 0.708. The fraction of sp³-hybridized carbons (Fsp3) is 0.481. The van der Waals surface area contributed by atoms with E-state index in [1.165, 1.54) is 6.07 Å². The molecule has 0 bridgehead atoms. The van der Waals surface area contributed by atoms with Crippen LogP contribution in [0.2, 0.25) is 0 Å². The van der Waals surface area contributed by atoms with Crippen LogP contribution in [0.1, 0.15) is 58.3 Å². The zero-order valence-corrected chi connectivity index (χ0v) is 19.9. The lowest BCUT2D eigenvalue weighted by molar-refractivity contribution is -0.137. The Kier molecular flexibility index (Phi) is 7.13. The van der Waals surface area contributed by atoms with Gasteiger partial charge in [0.15, 0.2) is 0 Å². The van der Waals surface area contributed by atoms with Gasteiger partial charge in [-0.15, -0.1) is 0 Å². The molecule has 2 aromatic carbocycles. The number of carbonyl (C=O) groups excluding carboxylic acids is 2. The summed E-state index contributed by atoms with van der Waals surface area (Å²) in [6.07, 6.45) is 4.38. The number of nitrogens with zero attached hydrogens (tertiary/aromatic N) is 2. The topological polar surface area (TPSA) is 52.7 Å². The second-order valence-corrected chi connectivity index (χ2v) is 9.52. The highest BCUT2D eigenvalue weighted by molar-refractivity contribution is 6.05. The first-order valence-corrected chi connectivity index (χ1v) is 12.0. The van der Waals surface area contributed by atoms with Gasteiger partial charge in [0.05, 0.1) is 0 Å². The van der Waals surface area contributed by atoms with Gasteiger partial charge in [-0.05, 0) is 74.1 Å². The summed E-state index contributed by atoms with van der Waals surface area (Å²) < 4.78 is 14.5. The van der Waals surface area contributed by atoms with Gasteiger partial charge in [0, 0.05) is 49.9 Å². The Morgan fingerprint density at radius 3 is 2.39 bits per heavy atom. The Labute approximate surface area is 196 Å². The van der Waals surface area contributed by atoms with E-state index in [2.05, 4.69) is 10.2 Å². The fourth-order valence-corrected chi connectivity index (χ4v) is 5.01. The van der Waals surface area contributed by atoms with Gasteiger partial charge >= 0.3 is 0 Å². The normalized spacial score (nSPS) is 17.4. The number of benzene rings is 2. The number of carbonyl (C=O) groups is 2. The molecule has 4 rings (SSSR count). The van der Waals surface area contributed by atoms with Crippen LogP contribution in [0.4, 0.5) is 10.1 Å². The highest BCUT2D eigenvalue weighted by atomic mass is 19.1. The molecule has 1 aliphatic heterocycles. The molecule has 2 aliphatic rings. The smallest absolute Gasteiger partial charge is 0.255 e. The van der Waals surface area contributed by atoms with Crippen molar-refractivity contribution in [1.29, 1.82) is 0 Å². The Balaban J connectivity index is 1.41. The number of rotatable bonds is 5. The predicted octanol–water partition coefficient (Wildman–Crippen LogP) is 4.84. The molecular formula is C27H34FN3O2. The van der Waals surface area contributed by atoms with Crippen LogP contribution in [0.3, 0.4) is 0 Å². The van der Waals surface area contributed by atoms with E-state index in [9.17, 15) is 14.0 Å². The molecular weight excluding hydrogens is 417 g/mol. The highest BCUT2D eigenvalue weighted by Gasteiger charge is 2.29. The van der Waals surface area contributed by atoms with Crippen molar-refractivity contribution in [2.75, 3.05) is 31.5 Å². The van der Waals surface area contributed by atoms with E-state index in [-0.39, 0.29) is 17.6 Å². The van der Waals surface area contributed by atoms with Crippen molar-refractivity contribution in [1.82, 2.24) is 9.80 Å². The SMILES string of the molecule is Cc1cccc(C(=O)Nc2cc(F)cc(CN3CCN(C(=O)C4CCCC4)CC3)c2C)c1C. The molecule has 33 heavy (non-hydrogen) atoms. The minimum absolute atomic E-state index is 0.213. The summed E-state index contributed by atoms with van der Waals surface area (Å²) in [5.41, 5.74) is 4.81. The minimum atomic E-state index is -0.359. The molecule has 0 atom stereocenters.